The highest BCUT2D eigenvalue weighted by molar-refractivity contribution is 9.10. The molecular formula is C20H20BrN9O2. The number of anilines is 2. The zero-order valence-corrected chi connectivity index (χ0v) is 18.5. The van der Waals surface area contributed by atoms with Gasteiger partial charge in [0, 0.05) is 25.6 Å². The average Bonchev–Trinajstić information content (AvgIpc) is 3.54. The molecule has 5 heterocycles. The first-order chi connectivity index (χ1) is 15.6. The molecule has 2 atom stereocenters. The molecule has 2 aliphatic heterocycles. The Morgan fingerprint density at radius 3 is 2.97 bits per heavy atom. The van der Waals surface area contributed by atoms with Crippen LogP contribution in [0.3, 0.4) is 0 Å². The van der Waals surface area contributed by atoms with Gasteiger partial charge in [-0.1, -0.05) is 12.1 Å². The number of hydrogen-bond donors (Lipinski definition) is 3. The molecule has 164 valence electrons. The van der Waals surface area contributed by atoms with Crippen LogP contribution in [0.5, 0.6) is 0 Å². The SMILES string of the molecule is O=C(O)N1CCC2CN(c3nc(NCc4nc5ccccc5[nH]4)n4ncc(Br)c4n3)CC21. The third kappa shape index (κ3) is 3.13. The second-order valence-electron chi connectivity index (χ2n) is 8.13. The van der Waals surface area contributed by atoms with E-state index in [4.69, 9.17) is 9.97 Å². The number of para-hydroxylation sites is 2. The molecule has 0 radical (unpaired) electrons. The van der Waals surface area contributed by atoms with Crippen molar-refractivity contribution in [3.05, 3.63) is 40.8 Å². The molecule has 2 aliphatic rings. The van der Waals surface area contributed by atoms with Crippen molar-refractivity contribution >= 4 is 50.6 Å². The van der Waals surface area contributed by atoms with E-state index in [0.717, 1.165) is 34.3 Å². The number of halogens is 1. The topological polar surface area (TPSA) is 128 Å². The molecule has 0 spiro atoms. The molecule has 6 rings (SSSR count). The summed E-state index contributed by atoms with van der Waals surface area (Å²) in [6.07, 6.45) is 1.69. The molecule has 2 unspecified atom stereocenters. The third-order valence-electron chi connectivity index (χ3n) is 6.24. The van der Waals surface area contributed by atoms with E-state index in [1.54, 1.807) is 15.6 Å². The van der Waals surface area contributed by atoms with E-state index in [9.17, 15) is 9.90 Å². The molecule has 0 bridgehead atoms. The minimum absolute atomic E-state index is 0.0207. The fourth-order valence-corrected chi connectivity index (χ4v) is 5.06. The number of carboxylic acid groups (broad SMARTS) is 1. The van der Waals surface area contributed by atoms with E-state index in [1.165, 1.54) is 0 Å². The molecule has 2 fully saturated rings. The number of hydrogen-bond acceptors (Lipinski definition) is 7. The monoisotopic (exact) mass is 497 g/mol. The van der Waals surface area contributed by atoms with Gasteiger partial charge < -0.3 is 25.2 Å². The number of fused-ring (bicyclic) bond motifs is 3. The molecule has 32 heavy (non-hydrogen) atoms. The van der Waals surface area contributed by atoms with E-state index in [2.05, 4.69) is 41.2 Å². The summed E-state index contributed by atoms with van der Waals surface area (Å²) in [4.78, 5) is 32.5. The molecule has 3 N–H and O–H groups in total. The summed E-state index contributed by atoms with van der Waals surface area (Å²) in [7, 11) is 0. The predicted molar refractivity (Wildman–Crippen MR) is 121 cm³/mol. The summed E-state index contributed by atoms with van der Waals surface area (Å²) in [5.41, 5.74) is 2.53. The molecule has 1 amide bonds. The fraction of sp³-hybridized carbons (Fsp3) is 0.350. The van der Waals surface area contributed by atoms with Gasteiger partial charge in [0.25, 0.3) is 0 Å². The van der Waals surface area contributed by atoms with Gasteiger partial charge in [-0.3, -0.25) is 0 Å². The smallest absolute Gasteiger partial charge is 0.407 e. The highest BCUT2D eigenvalue weighted by Crippen LogP contribution is 2.34. The van der Waals surface area contributed by atoms with Gasteiger partial charge >= 0.3 is 6.09 Å². The maximum Gasteiger partial charge on any atom is 0.407 e. The second kappa shape index (κ2) is 7.33. The Labute approximate surface area is 190 Å². The van der Waals surface area contributed by atoms with Crippen LogP contribution in [0.1, 0.15) is 12.2 Å². The Balaban J connectivity index is 1.29. The Bertz CT molecular complexity index is 1300. The summed E-state index contributed by atoms with van der Waals surface area (Å²) in [6.45, 7) is 2.36. The van der Waals surface area contributed by atoms with E-state index >= 15 is 0 Å². The number of nitrogens with zero attached hydrogens (tertiary/aromatic N) is 7. The number of benzene rings is 1. The van der Waals surface area contributed by atoms with Crippen molar-refractivity contribution in [2.24, 2.45) is 5.92 Å². The van der Waals surface area contributed by atoms with Gasteiger partial charge in [-0.2, -0.15) is 19.6 Å². The minimum Gasteiger partial charge on any atom is -0.465 e. The third-order valence-corrected chi connectivity index (χ3v) is 6.80. The molecule has 0 saturated carbocycles. The van der Waals surface area contributed by atoms with Crippen molar-refractivity contribution in [1.82, 2.24) is 34.4 Å². The minimum atomic E-state index is -0.859. The Morgan fingerprint density at radius 2 is 2.12 bits per heavy atom. The second-order valence-corrected chi connectivity index (χ2v) is 8.98. The highest BCUT2D eigenvalue weighted by Gasteiger charge is 2.44. The van der Waals surface area contributed by atoms with Crippen LogP contribution in [0.2, 0.25) is 0 Å². The number of rotatable bonds is 4. The van der Waals surface area contributed by atoms with Crippen molar-refractivity contribution < 1.29 is 9.90 Å². The van der Waals surface area contributed by atoms with Crippen molar-refractivity contribution in [3.8, 4) is 0 Å². The lowest BCUT2D eigenvalue weighted by Crippen LogP contribution is -2.39. The van der Waals surface area contributed by atoms with Gasteiger partial charge in [0.1, 0.15) is 5.82 Å². The highest BCUT2D eigenvalue weighted by atomic mass is 79.9. The zero-order valence-electron chi connectivity index (χ0n) is 16.9. The van der Waals surface area contributed by atoms with Gasteiger partial charge in [-0.15, -0.1) is 0 Å². The first-order valence-electron chi connectivity index (χ1n) is 10.4. The lowest BCUT2D eigenvalue weighted by molar-refractivity contribution is 0.140. The summed E-state index contributed by atoms with van der Waals surface area (Å²) in [5.74, 6) is 2.19. The summed E-state index contributed by atoms with van der Waals surface area (Å²) in [6, 6.07) is 7.86. The maximum atomic E-state index is 11.6. The van der Waals surface area contributed by atoms with Gasteiger partial charge in [-0.05, 0) is 34.5 Å². The maximum absolute atomic E-state index is 11.6. The number of amides is 1. The van der Waals surface area contributed by atoms with Crippen molar-refractivity contribution in [3.63, 3.8) is 0 Å². The lowest BCUT2D eigenvalue weighted by atomic mass is 10.1. The summed E-state index contributed by atoms with van der Waals surface area (Å²) < 4.78 is 2.41. The van der Waals surface area contributed by atoms with Crippen LogP contribution >= 0.6 is 15.9 Å². The zero-order chi connectivity index (χ0) is 21.8. The van der Waals surface area contributed by atoms with Crippen LogP contribution in [0.25, 0.3) is 16.7 Å². The fourth-order valence-electron chi connectivity index (χ4n) is 4.71. The number of aromatic nitrogens is 6. The molecule has 3 aromatic heterocycles. The summed E-state index contributed by atoms with van der Waals surface area (Å²) in [5, 5.41) is 17.2. The molecule has 2 saturated heterocycles. The van der Waals surface area contributed by atoms with Gasteiger partial charge in [0.15, 0.2) is 5.65 Å². The largest absolute Gasteiger partial charge is 0.465 e. The predicted octanol–water partition coefficient (Wildman–Crippen LogP) is 2.56. The first kappa shape index (κ1) is 19.3. The number of aromatic amines is 1. The molecule has 12 heteroatoms. The van der Waals surface area contributed by atoms with E-state index in [-0.39, 0.29) is 6.04 Å². The van der Waals surface area contributed by atoms with E-state index in [0.29, 0.717) is 43.1 Å². The molecule has 4 aromatic rings. The number of imidazole rings is 1. The van der Waals surface area contributed by atoms with E-state index in [1.807, 2.05) is 24.3 Å². The van der Waals surface area contributed by atoms with Crippen LogP contribution in [0.4, 0.5) is 16.7 Å². The van der Waals surface area contributed by atoms with Gasteiger partial charge in [-0.25, -0.2) is 9.78 Å². The van der Waals surface area contributed by atoms with Crippen molar-refractivity contribution in [1.29, 1.82) is 0 Å². The molecule has 11 nitrogen and oxygen atoms in total. The van der Waals surface area contributed by atoms with E-state index < -0.39 is 6.09 Å². The first-order valence-corrected chi connectivity index (χ1v) is 11.2. The van der Waals surface area contributed by atoms with Gasteiger partial charge in [0.2, 0.25) is 11.9 Å². The van der Waals surface area contributed by atoms with Crippen molar-refractivity contribution in [2.75, 3.05) is 29.9 Å². The standard InChI is InChI=1S/C20H20BrN9O2/c21-12-7-23-30-17(12)26-19(28-9-11-5-6-29(20(31)32)15(11)10-28)27-18(30)22-8-16-24-13-3-1-2-4-14(13)25-16/h1-4,7,11,15H,5-6,8-10H2,(H,24,25)(H,31,32)(H,22,26,27). The number of carbonyl (C=O) groups is 1. The number of likely N-dealkylation sites (tertiary alicyclic amines) is 1. The van der Waals surface area contributed by atoms with Crippen LogP contribution < -0.4 is 10.2 Å². The normalized spacial score (nSPS) is 20.4. The number of H-pyrrole nitrogens is 1. The number of nitrogens with one attached hydrogen (secondary N) is 2. The summed E-state index contributed by atoms with van der Waals surface area (Å²) >= 11 is 3.52. The van der Waals surface area contributed by atoms with Crippen LogP contribution in [-0.2, 0) is 6.54 Å². The lowest BCUT2D eigenvalue weighted by Gasteiger charge is -2.22. The molecule has 1 aromatic carbocycles. The quantitative estimate of drug-likeness (QED) is 0.392. The van der Waals surface area contributed by atoms with Crippen LogP contribution in [0.15, 0.2) is 34.9 Å². The van der Waals surface area contributed by atoms with Crippen LogP contribution in [-0.4, -0.2) is 71.3 Å². The Kier molecular flexibility index (Phi) is 4.42. The van der Waals surface area contributed by atoms with Gasteiger partial charge in [0.05, 0.1) is 34.3 Å². The Morgan fingerprint density at radius 1 is 1.25 bits per heavy atom. The molecule has 0 aliphatic carbocycles. The van der Waals surface area contributed by atoms with Crippen LogP contribution in [0, 0.1) is 5.92 Å². The average molecular weight is 498 g/mol. The Hall–Kier alpha value is -3.41. The molecular weight excluding hydrogens is 478 g/mol. The van der Waals surface area contributed by atoms with Crippen molar-refractivity contribution in [2.45, 2.75) is 19.0 Å².